The van der Waals surface area contributed by atoms with Gasteiger partial charge < -0.3 is 14.8 Å². The second-order valence-corrected chi connectivity index (χ2v) is 5.18. The molecular weight excluding hydrogens is 236 g/mol. The molecule has 17 heavy (non-hydrogen) atoms. The molecule has 0 radical (unpaired) electrons. The number of nitrogens with zero attached hydrogens (tertiary/aromatic N) is 1. The fraction of sp³-hybridized carbons (Fsp3) is 0.417. The molecule has 1 atom stereocenters. The van der Waals surface area contributed by atoms with E-state index in [0.29, 0.717) is 18.8 Å². The highest BCUT2D eigenvalue weighted by Gasteiger charge is 2.25. The van der Waals surface area contributed by atoms with Crippen LogP contribution in [0.2, 0.25) is 0 Å². The normalized spacial score (nSPS) is 14.8. The van der Waals surface area contributed by atoms with Crippen LogP contribution in [0.25, 0.3) is 0 Å². The van der Waals surface area contributed by atoms with Gasteiger partial charge in [-0.25, -0.2) is 4.98 Å². The number of rotatable bonds is 5. The highest BCUT2D eigenvalue weighted by molar-refractivity contribution is 7.09. The molecule has 1 unspecified atom stereocenters. The minimum absolute atomic E-state index is 0.430. The summed E-state index contributed by atoms with van der Waals surface area (Å²) in [7, 11) is 0. The van der Waals surface area contributed by atoms with E-state index in [-0.39, 0.29) is 0 Å². The maximum Gasteiger partial charge on any atom is 0.136 e. The molecule has 0 aromatic carbocycles. The lowest BCUT2D eigenvalue weighted by atomic mass is 10.0. The fourth-order valence-electron chi connectivity index (χ4n) is 1.57. The Hall–Kier alpha value is -1.17. The molecule has 0 bridgehead atoms. The summed E-state index contributed by atoms with van der Waals surface area (Å²) in [6.45, 7) is 4.79. The molecule has 0 aliphatic heterocycles. The van der Waals surface area contributed by atoms with Gasteiger partial charge in [0.05, 0.1) is 6.26 Å². The van der Waals surface area contributed by atoms with E-state index in [0.717, 1.165) is 10.7 Å². The molecule has 0 saturated heterocycles. The first kappa shape index (κ1) is 12.3. The summed E-state index contributed by atoms with van der Waals surface area (Å²) in [5.41, 5.74) is 0.0418. The Balaban J connectivity index is 1.86. The summed E-state index contributed by atoms with van der Waals surface area (Å²) in [4.78, 5) is 4.34. The van der Waals surface area contributed by atoms with Gasteiger partial charge in [0.1, 0.15) is 16.4 Å². The zero-order chi connectivity index (χ0) is 12.3. The molecule has 2 rings (SSSR count). The molecule has 92 valence electrons. The first-order chi connectivity index (χ1) is 8.08. The van der Waals surface area contributed by atoms with Crippen LogP contribution in [-0.2, 0) is 12.1 Å². The van der Waals surface area contributed by atoms with E-state index >= 15 is 0 Å². The molecule has 0 aliphatic carbocycles. The quantitative estimate of drug-likeness (QED) is 0.855. The molecule has 0 aliphatic rings. The van der Waals surface area contributed by atoms with Crippen molar-refractivity contribution in [2.24, 2.45) is 0 Å². The summed E-state index contributed by atoms with van der Waals surface area (Å²) >= 11 is 1.62. The number of hydrogen-bond donors (Lipinski definition) is 2. The topological polar surface area (TPSA) is 58.3 Å². The van der Waals surface area contributed by atoms with Crippen LogP contribution in [0, 0.1) is 6.92 Å². The van der Waals surface area contributed by atoms with E-state index in [1.165, 1.54) is 0 Å². The third kappa shape index (κ3) is 3.15. The van der Waals surface area contributed by atoms with Crippen molar-refractivity contribution in [3.8, 4) is 0 Å². The van der Waals surface area contributed by atoms with Crippen molar-refractivity contribution in [2.75, 3.05) is 6.54 Å². The van der Waals surface area contributed by atoms with E-state index in [1.807, 2.05) is 12.3 Å². The lowest BCUT2D eigenvalue weighted by Crippen LogP contribution is -2.34. The average molecular weight is 252 g/mol. The van der Waals surface area contributed by atoms with Gasteiger partial charge in [0.15, 0.2) is 0 Å². The Labute approximate surface area is 104 Å². The van der Waals surface area contributed by atoms with Gasteiger partial charge in [-0.3, -0.25) is 0 Å². The maximum atomic E-state index is 10.2. The van der Waals surface area contributed by atoms with E-state index < -0.39 is 5.60 Å². The Morgan fingerprint density at radius 3 is 3.00 bits per heavy atom. The van der Waals surface area contributed by atoms with Gasteiger partial charge in [0, 0.05) is 24.2 Å². The largest absolute Gasteiger partial charge is 0.466 e. The lowest BCUT2D eigenvalue weighted by molar-refractivity contribution is 0.0340. The summed E-state index contributed by atoms with van der Waals surface area (Å²) in [5, 5.41) is 16.4. The van der Waals surface area contributed by atoms with Crippen molar-refractivity contribution in [2.45, 2.75) is 26.0 Å². The van der Waals surface area contributed by atoms with Crippen molar-refractivity contribution in [3.05, 3.63) is 40.2 Å². The standard InChI is InChI=1S/C12H16N2O2S/c1-9-7-17-11(14-9)6-13-8-12(2,15)10-4-3-5-16-10/h3-5,7,13,15H,6,8H2,1-2H3. The number of furan rings is 1. The van der Waals surface area contributed by atoms with E-state index in [9.17, 15) is 5.11 Å². The van der Waals surface area contributed by atoms with Crippen molar-refractivity contribution in [3.63, 3.8) is 0 Å². The second-order valence-electron chi connectivity index (χ2n) is 4.24. The van der Waals surface area contributed by atoms with Crippen LogP contribution >= 0.6 is 11.3 Å². The Kier molecular flexibility index (Phi) is 3.61. The minimum Gasteiger partial charge on any atom is -0.466 e. The van der Waals surface area contributed by atoms with Gasteiger partial charge in [0.25, 0.3) is 0 Å². The van der Waals surface area contributed by atoms with Crippen LogP contribution in [0.15, 0.2) is 28.2 Å². The number of aliphatic hydroxyl groups is 1. The molecule has 0 fully saturated rings. The number of aromatic nitrogens is 1. The first-order valence-corrected chi connectivity index (χ1v) is 6.34. The van der Waals surface area contributed by atoms with Gasteiger partial charge >= 0.3 is 0 Å². The summed E-state index contributed by atoms with van der Waals surface area (Å²) in [6, 6.07) is 3.54. The molecule has 2 aromatic heterocycles. The van der Waals surface area contributed by atoms with Crippen LogP contribution in [0.3, 0.4) is 0 Å². The second kappa shape index (κ2) is 5.00. The van der Waals surface area contributed by atoms with Crippen LogP contribution in [-0.4, -0.2) is 16.6 Å². The van der Waals surface area contributed by atoms with Gasteiger partial charge in [0.2, 0.25) is 0 Å². The molecular formula is C12H16N2O2S. The summed E-state index contributed by atoms with van der Waals surface area (Å²) < 4.78 is 5.20. The molecule has 0 saturated carbocycles. The van der Waals surface area contributed by atoms with Crippen LogP contribution in [0.1, 0.15) is 23.4 Å². The monoisotopic (exact) mass is 252 g/mol. The number of hydrogen-bond acceptors (Lipinski definition) is 5. The third-order valence-corrected chi connectivity index (χ3v) is 3.43. The highest BCUT2D eigenvalue weighted by atomic mass is 32.1. The van der Waals surface area contributed by atoms with Gasteiger partial charge in [-0.05, 0) is 26.0 Å². The Morgan fingerprint density at radius 1 is 1.59 bits per heavy atom. The van der Waals surface area contributed by atoms with Gasteiger partial charge in [-0.15, -0.1) is 11.3 Å². The van der Waals surface area contributed by atoms with Crippen molar-refractivity contribution in [1.82, 2.24) is 10.3 Å². The molecule has 0 spiro atoms. The summed E-state index contributed by atoms with van der Waals surface area (Å²) in [5.74, 6) is 0.570. The average Bonchev–Trinajstić information content (AvgIpc) is 2.89. The lowest BCUT2D eigenvalue weighted by Gasteiger charge is -2.20. The smallest absolute Gasteiger partial charge is 0.136 e. The van der Waals surface area contributed by atoms with Crippen molar-refractivity contribution >= 4 is 11.3 Å². The summed E-state index contributed by atoms with van der Waals surface area (Å²) in [6.07, 6.45) is 1.56. The number of aryl methyl sites for hydroxylation is 1. The Bertz CT molecular complexity index is 463. The third-order valence-electron chi connectivity index (χ3n) is 2.46. The van der Waals surface area contributed by atoms with Crippen molar-refractivity contribution in [1.29, 1.82) is 0 Å². The molecule has 2 heterocycles. The molecule has 0 amide bonds. The van der Waals surface area contributed by atoms with Crippen LogP contribution < -0.4 is 5.32 Å². The van der Waals surface area contributed by atoms with E-state index in [4.69, 9.17) is 4.42 Å². The van der Waals surface area contributed by atoms with E-state index in [1.54, 1.807) is 36.7 Å². The SMILES string of the molecule is Cc1csc(CNCC(C)(O)c2ccco2)n1. The van der Waals surface area contributed by atoms with Crippen molar-refractivity contribution < 1.29 is 9.52 Å². The molecule has 2 N–H and O–H groups in total. The fourth-order valence-corrected chi connectivity index (χ4v) is 2.31. The molecule has 2 aromatic rings. The maximum absolute atomic E-state index is 10.2. The highest BCUT2D eigenvalue weighted by Crippen LogP contribution is 2.20. The predicted molar refractivity (Wildman–Crippen MR) is 66.8 cm³/mol. The molecule has 5 heteroatoms. The van der Waals surface area contributed by atoms with Gasteiger partial charge in [-0.1, -0.05) is 0 Å². The van der Waals surface area contributed by atoms with E-state index in [2.05, 4.69) is 10.3 Å². The van der Waals surface area contributed by atoms with Crippen LogP contribution in [0.4, 0.5) is 0 Å². The first-order valence-electron chi connectivity index (χ1n) is 5.46. The number of nitrogens with one attached hydrogen (secondary N) is 1. The predicted octanol–water partition coefficient (Wildman–Crippen LogP) is 2.04. The molecule has 4 nitrogen and oxygen atoms in total. The van der Waals surface area contributed by atoms with Gasteiger partial charge in [-0.2, -0.15) is 0 Å². The van der Waals surface area contributed by atoms with Crippen LogP contribution in [0.5, 0.6) is 0 Å². The zero-order valence-corrected chi connectivity index (χ0v) is 10.8. The Morgan fingerprint density at radius 2 is 2.41 bits per heavy atom. The minimum atomic E-state index is -0.990. The number of thiazole rings is 1. The zero-order valence-electron chi connectivity index (χ0n) is 9.93.